The van der Waals surface area contributed by atoms with Gasteiger partial charge in [0.1, 0.15) is 11.6 Å². The lowest BCUT2D eigenvalue weighted by atomic mass is 10.3. The van der Waals surface area contributed by atoms with Crippen molar-refractivity contribution in [1.29, 1.82) is 0 Å². The van der Waals surface area contributed by atoms with Gasteiger partial charge in [-0.3, -0.25) is 9.32 Å². The molecule has 2 aromatic rings. The molecule has 0 radical (unpaired) electrons. The second kappa shape index (κ2) is 6.91. The number of amides is 1. The van der Waals surface area contributed by atoms with Crippen LogP contribution in [0.15, 0.2) is 18.2 Å². The Morgan fingerprint density at radius 2 is 2.04 bits per heavy atom. The molecule has 0 spiro atoms. The number of hydrogen-bond donors (Lipinski definition) is 3. The number of phosphoric ester groups is 1. The Labute approximate surface area is 137 Å². The number of rotatable bonds is 5. The largest absolute Gasteiger partial charge is 0.471 e. The molecule has 0 bridgehead atoms. The topological polar surface area (TPSA) is 114 Å². The highest BCUT2D eigenvalue weighted by molar-refractivity contribution is 7.46. The Balaban J connectivity index is 2.22. The van der Waals surface area contributed by atoms with Crippen molar-refractivity contribution in [2.45, 2.75) is 6.73 Å². The zero-order valence-electron chi connectivity index (χ0n) is 11.4. The normalized spacial score (nSPS) is 11.6. The molecule has 0 fully saturated rings. The van der Waals surface area contributed by atoms with Crippen molar-refractivity contribution < 1.29 is 36.8 Å². The van der Waals surface area contributed by atoms with E-state index in [9.17, 15) is 22.5 Å². The van der Waals surface area contributed by atoms with Gasteiger partial charge in [0, 0.05) is 6.07 Å². The van der Waals surface area contributed by atoms with Gasteiger partial charge >= 0.3 is 7.82 Å². The number of benzene rings is 1. The number of nitrogens with zero attached hydrogens (tertiary/aromatic N) is 2. The Morgan fingerprint density at radius 1 is 1.38 bits per heavy atom. The van der Waals surface area contributed by atoms with Gasteiger partial charge in [0.15, 0.2) is 23.4 Å². The molecule has 0 saturated carbocycles. The van der Waals surface area contributed by atoms with Crippen molar-refractivity contribution in [1.82, 2.24) is 9.78 Å². The number of carbonyl (C=O) groups excluding carboxylic acids is 1. The molecule has 0 aliphatic rings. The minimum absolute atomic E-state index is 0.432. The first kappa shape index (κ1) is 18.4. The van der Waals surface area contributed by atoms with Gasteiger partial charge in [0.05, 0.1) is 5.69 Å². The fourth-order valence-electron chi connectivity index (χ4n) is 1.55. The van der Waals surface area contributed by atoms with Crippen LogP contribution >= 0.6 is 19.4 Å². The summed E-state index contributed by atoms with van der Waals surface area (Å²) in [7, 11) is -4.87. The Bertz CT molecular complexity index is 841. The van der Waals surface area contributed by atoms with E-state index in [2.05, 4.69) is 9.62 Å². The van der Waals surface area contributed by atoms with Gasteiger partial charge in [-0.05, 0) is 12.1 Å². The number of nitrogens with one attached hydrogen (secondary N) is 1. The van der Waals surface area contributed by atoms with Crippen LogP contribution in [0.2, 0.25) is 5.15 Å². The molecule has 0 saturated heterocycles. The Kier molecular flexibility index (Phi) is 5.31. The van der Waals surface area contributed by atoms with E-state index in [-0.39, 0.29) is 0 Å². The first-order valence-electron chi connectivity index (χ1n) is 5.97. The van der Waals surface area contributed by atoms with E-state index in [1.54, 1.807) is 0 Å². The summed E-state index contributed by atoms with van der Waals surface area (Å²) in [5.74, 6) is -4.50. The van der Waals surface area contributed by atoms with E-state index < -0.39 is 54.4 Å². The van der Waals surface area contributed by atoms with Gasteiger partial charge in [-0.2, -0.15) is 5.10 Å². The van der Waals surface area contributed by atoms with Gasteiger partial charge in [0.2, 0.25) is 0 Å². The lowest BCUT2D eigenvalue weighted by molar-refractivity contribution is 0.101. The lowest BCUT2D eigenvalue weighted by Gasteiger charge is -2.05. The Hall–Kier alpha value is -1.91. The molecule has 13 heteroatoms. The predicted octanol–water partition coefficient (Wildman–Crippen LogP) is 2.27. The summed E-state index contributed by atoms with van der Waals surface area (Å²) in [5.41, 5.74) is -1.31. The second-order valence-electron chi connectivity index (χ2n) is 4.28. The molecule has 1 aromatic heterocycles. The molecular weight excluding hydrogens is 378 g/mol. The van der Waals surface area contributed by atoms with E-state index in [1.807, 2.05) is 5.32 Å². The summed E-state index contributed by atoms with van der Waals surface area (Å²) in [6.45, 7) is -0.932. The maximum atomic E-state index is 13.9. The molecule has 3 N–H and O–H groups in total. The van der Waals surface area contributed by atoms with Crippen LogP contribution < -0.4 is 5.32 Å². The highest BCUT2D eigenvalue weighted by atomic mass is 35.5. The van der Waals surface area contributed by atoms with Gasteiger partial charge in [0.25, 0.3) is 5.91 Å². The molecule has 0 atom stereocenters. The van der Waals surface area contributed by atoms with Crippen molar-refractivity contribution in [2.75, 3.05) is 5.32 Å². The van der Waals surface area contributed by atoms with Crippen molar-refractivity contribution >= 4 is 31.0 Å². The third-order valence-corrected chi connectivity index (χ3v) is 3.39. The number of halogens is 4. The maximum absolute atomic E-state index is 13.9. The molecule has 1 heterocycles. The van der Waals surface area contributed by atoms with Crippen LogP contribution in [0.1, 0.15) is 10.5 Å². The average Bonchev–Trinajstić information content (AvgIpc) is 2.75. The third kappa shape index (κ3) is 4.34. The molecule has 2 rings (SSSR count). The molecule has 24 heavy (non-hydrogen) atoms. The monoisotopic (exact) mass is 385 g/mol. The molecule has 130 valence electrons. The zero-order chi connectivity index (χ0) is 18.1. The molecule has 0 aliphatic heterocycles. The fourth-order valence-corrected chi connectivity index (χ4v) is 1.99. The minimum atomic E-state index is -4.87. The van der Waals surface area contributed by atoms with Gasteiger partial charge in [-0.15, -0.1) is 0 Å². The first-order valence-corrected chi connectivity index (χ1v) is 7.87. The van der Waals surface area contributed by atoms with E-state index in [1.165, 1.54) is 0 Å². The van der Waals surface area contributed by atoms with E-state index in [0.717, 1.165) is 12.1 Å². The number of hydrogen-bond acceptors (Lipinski definition) is 4. The van der Waals surface area contributed by atoms with E-state index in [0.29, 0.717) is 10.7 Å². The summed E-state index contributed by atoms with van der Waals surface area (Å²) in [5, 5.41) is 4.59. The highest BCUT2D eigenvalue weighted by Crippen LogP contribution is 2.36. The van der Waals surface area contributed by atoms with Gasteiger partial charge in [-0.1, -0.05) is 11.6 Å². The number of carbonyl (C=O) groups is 1. The van der Waals surface area contributed by atoms with Crippen LogP contribution in [0.4, 0.5) is 18.9 Å². The molecule has 8 nitrogen and oxygen atoms in total. The summed E-state index contributed by atoms with van der Waals surface area (Å²) in [6, 6.07) is 2.29. The first-order chi connectivity index (χ1) is 11.1. The van der Waals surface area contributed by atoms with Crippen LogP contribution in [0.25, 0.3) is 0 Å². The lowest BCUT2D eigenvalue weighted by Crippen LogP contribution is -2.15. The minimum Gasteiger partial charge on any atom is -0.318 e. The molecule has 0 aliphatic carbocycles. The van der Waals surface area contributed by atoms with Gasteiger partial charge in [-0.25, -0.2) is 22.4 Å². The Morgan fingerprint density at radius 3 is 2.62 bits per heavy atom. The van der Waals surface area contributed by atoms with Crippen LogP contribution in [0.5, 0.6) is 0 Å². The fraction of sp³-hybridized carbons (Fsp3) is 0.0909. The summed E-state index contributed by atoms with van der Waals surface area (Å²) in [4.78, 5) is 29.0. The third-order valence-electron chi connectivity index (χ3n) is 2.58. The van der Waals surface area contributed by atoms with Crippen LogP contribution in [0.3, 0.4) is 0 Å². The molecule has 1 amide bonds. The standard InChI is InChI=1S/C11H8ClF3N3O5P/c12-10-8(15)9(17-18(10)4-23-24(20,21)22)11(19)16-7-2-1-5(13)3-6(7)14/h1-3H,4H2,(H,16,19)(H2,20,21,22). The molecule has 1 aromatic carbocycles. The summed E-state index contributed by atoms with van der Waals surface area (Å²) >= 11 is 5.53. The SMILES string of the molecule is O=C(Nc1ccc(F)cc1F)c1nn(COP(=O)(O)O)c(Cl)c1F. The number of aromatic nitrogens is 2. The van der Waals surface area contributed by atoms with Crippen molar-refractivity contribution in [2.24, 2.45) is 0 Å². The number of anilines is 1. The van der Waals surface area contributed by atoms with Crippen LogP contribution in [-0.2, 0) is 15.8 Å². The van der Waals surface area contributed by atoms with E-state index in [4.69, 9.17) is 21.4 Å². The summed E-state index contributed by atoms with van der Waals surface area (Å²) in [6.07, 6.45) is 0. The highest BCUT2D eigenvalue weighted by Gasteiger charge is 2.25. The van der Waals surface area contributed by atoms with Gasteiger partial charge < -0.3 is 15.1 Å². The van der Waals surface area contributed by atoms with E-state index >= 15 is 0 Å². The average molecular weight is 386 g/mol. The zero-order valence-corrected chi connectivity index (χ0v) is 13.1. The van der Waals surface area contributed by atoms with Crippen LogP contribution in [-0.4, -0.2) is 25.5 Å². The molecular formula is C11H8ClF3N3O5P. The number of phosphoric acid groups is 1. The maximum Gasteiger partial charge on any atom is 0.471 e. The van der Waals surface area contributed by atoms with Crippen molar-refractivity contribution in [3.63, 3.8) is 0 Å². The van der Waals surface area contributed by atoms with Crippen LogP contribution in [0, 0.1) is 17.5 Å². The predicted molar refractivity (Wildman–Crippen MR) is 74.6 cm³/mol. The van der Waals surface area contributed by atoms with Crippen molar-refractivity contribution in [3.8, 4) is 0 Å². The molecule has 0 unspecified atom stereocenters. The smallest absolute Gasteiger partial charge is 0.318 e. The summed E-state index contributed by atoms with van der Waals surface area (Å²) < 4.78 is 55.3. The second-order valence-corrected chi connectivity index (χ2v) is 5.88. The quantitative estimate of drug-likeness (QED) is 0.680. The van der Waals surface area contributed by atoms with Crippen molar-refractivity contribution in [3.05, 3.63) is 46.5 Å².